The third kappa shape index (κ3) is 4.19. The maximum Gasteiger partial charge on any atom is 0.343 e. The smallest absolute Gasteiger partial charge is 0.343 e. The zero-order chi connectivity index (χ0) is 22.8. The largest absolute Gasteiger partial charge is 0.452 e. The maximum absolute atomic E-state index is 12.8. The molecule has 0 aliphatic carbocycles. The molecule has 5 rings (SSSR count). The molecule has 160 valence electrons. The third-order valence-corrected chi connectivity index (χ3v) is 5.53. The van der Waals surface area contributed by atoms with Crippen LogP contribution in [0.2, 0.25) is 0 Å². The number of aryl methyl sites for hydroxylation is 1. The van der Waals surface area contributed by atoms with Crippen LogP contribution in [0.25, 0.3) is 17.2 Å². The summed E-state index contributed by atoms with van der Waals surface area (Å²) in [4.78, 5) is 25.3. The summed E-state index contributed by atoms with van der Waals surface area (Å²) in [5.74, 6) is 0.283. The van der Waals surface area contributed by atoms with Crippen molar-refractivity contribution in [2.45, 2.75) is 6.92 Å². The van der Waals surface area contributed by atoms with E-state index in [0.29, 0.717) is 22.6 Å². The number of Topliss-reactive ketones (excluding diaryl/α,β-unsaturated/α-hetero) is 1. The summed E-state index contributed by atoms with van der Waals surface area (Å²) in [5, 5.41) is 0. The van der Waals surface area contributed by atoms with E-state index in [1.54, 1.807) is 36.4 Å². The van der Waals surface area contributed by atoms with Crippen molar-refractivity contribution in [1.29, 1.82) is 0 Å². The summed E-state index contributed by atoms with van der Waals surface area (Å²) in [5.41, 5.74) is 4.85. The molecule has 0 radical (unpaired) electrons. The molecule has 33 heavy (non-hydrogen) atoms. The molecule has 4 aromatic carbocycles. The van der Waals surface area contributed by atoms with Crippen LogP contribution in [0.5, 0.6) is 11.5 Å². The quantitative estimate of drug-likeness (QED) is 0.210. The highest BCUT2D eigenvalue weighted by Crippen LogP contribution is 2.35. The Labute approximate surface area is 191 Å². The van der Waals surface area contributed by atoms with Crippen LogP contribution in [0.1, 0.15) is 31.8 Å². The van der Waals surface area contributed by atoms with Crippen molar-refractivity contribution in [2.24, 2.45) is 0 Å². The van der Waals surface area contributed by atoms with E-state index >= 15 is 0 Å². The lowest BCUT2D eigenvalue weighted by molar-refractivity contribution is 0.0733. The van der Waals surface area contributed by atoms with Gasteiger partial charge in [0.25, 0.3) is 0 Å². The lowest BCUT2D eigenvalue weighted by Gasteiger charge is -2.07. The van der Waals surface area contributed by atoms with Gasteiger partial charge in [0.2, 0.25) is 5.78 Å². The van der Waals surface area contributed by atoms with Gasteiger partial charge in [-0.05, 0) is 53.5 Å². The van der Waals surface area contributed by atoms with Gasteiger partial charge >= 0.3 is 5.97 Å². The Kier molecular flexibility index (Phi) is 5.33. The van der Waals surface area contributed by atoms with Crippen molar-refractivity contribution in [2.75, 3.05) is 0 Å². The Bertz CT molecular complexity index is 1380. The summed E-state index contributed by atoms with van der Waals surface area (Å²) >= 11 is 0. The fourth-order valence-corrected chi connectivity index (χ4v) is 3.75. The Balaban J connectivity index is 1.34. The first-order valence-corrected chi connectivity index (χ1v) is 10.6. The standard InChI is InChI=1S/C29H20O4/c1-19-7-5-6-10-24(19)29(31)32-23-15-16-25-26(18-23)33-27(28(25)30)17-20-11-13-22(14-12-20)21-8-3-2-4-9-21/h2-18H,1H3/b27-17-. The topological polar surface area (TPSA) is 52.6 Å². The van der Waals surface area contributed by atoms with Crippen LogP contribution < -0.4 is 9.47 Å². The van der Waals surface area contributed by atoms with Gasteiger partial charge in [0, 0.05) is 6.07 Å². The number of ether oxygens (including phenoxy) is 2. The molecular formula is C29H20O4. The molecular weight excluding hydrogens is 412 g/mol. The van der Waals surface area contributed by atoms with Crippen LogP contribution in [0, 0.1) is 6.92 Å². The number of hydrogen-bond acceptors (Lipinski definition) is 4. The number of allylic oxidation sites excluding steroid dienone is 1. The van der Waals surface area contributed by atoms with Crippen molar-refractivity contribution in [1.82, 2.24) is 0 Å². The van der Waals surface area contributed by atoms with Crippen LogP contribution in [-0.2, 0) is 0 Å². The first kappa shape index (κ1) is 20.5. The van der Waals surface area contributed by atoms with E-state index in [1.807, 2.05) is 61.5 Å². The molecule has 0 aromatic heterocycles. The minimum atomic E-state index is -0.452. The Hall–Kier alpha value is -4.44. The van der Waals surface area contributed by atoms with Crippen LogP contribution >= 0.6 is 0 Å². The van der Waals surface area contributed by atoms with Crippen molar-refractivity contribution < 1.29 is 19.1 Å². The number of ketones is 1. The summed E-state index contributed by atoms with van der Waals surface area (Å²) in [7, 11) is 0. The number of benzene rings is 4. The van der Waals surface area contributed by atoms with Crippen LogP contribution in [0.3, 0.4) is 0 Å². The average Bonchev–Trinajstić information content (AvgIpc) is 3.14. The summed E-state index contributed by atoms with van der Waals surface area (Å²) in [6.07, 6.45) is 1.72. The van der Waals surface area contributed by atoms with Gasteiger partial charge in [-0.15, -0.1) is 0 Å². The second kappa shape index (κ2) is 8.60. The lowest BCUT2D eigenvalue weighted by atomic mass is 10.0. The van der Waals surface area contributed by atoms with E-state index in [4.69, 9.17) is 9.47 Å². The zero-order valence-corrected chi connectivity index (χ0v) is 17.9. The van der Waals surface area contributed by atoms with Gasteiger partial charge < -0.3 is 9.47 Å². The third-order valence-electron chi connectivity index (χ3n) is 5.53. The minimum absolute atomic E-state index is 0.200. The fraction of sp³-hybridized carbons (Fsp3) is 0.0345. The molecule has 0 spiro atoms. The van der Waals surface area contributed by atoms with E-state index in [9.17, 15) is 9.59 Å². The Morgan fingerprint density at radius 3 is 2.27 bits per heavy atom. The van der Waals surface area contributed by atoms with Gasteiger partial charge in [-0.1, -0.05) is 72.8 Å². The highest BCUT2D eigenvalue weighted by atomic mass is 16.5. The monoisotopic (exact) mass is 432 g/mol. The van der Waals surface area contributed by atoms with E-state index in [-0.39, 0.29) is 11.5 Å². The highest BCUT2D eigenvalue weighted by molar-refractivity contribution is 6.14. The molecule has 0 saturated heterocycles. The first-order chi connectivity index (χ1) is 16.1. The van der Waals surface area contributed by atoms with Crippen molar-refractivity contribution >= 4 is 17.8 Å². The van der Waals surface area contributed by atoms with Crippen molar-refractivity contribution in [3.63, 3.8) is 0 Å². The number of rotatable bonds is 4. The number of hydrogen-bond donors (Lipinski definition) is 0. The van der Waals surface area contributed by atoms with E-state index in [0.717, 1.165) is 22.3 Å². The molecule has 0 bridgehead atoms. The molecule has 4 heteroatoms. The second-order valence-corrected chi connectivity index (χ2v) is 7.79. The van der Waals surface area contributed by atoms with E-state index in [2.05, 4.69) is 12.1 Å². The number of carbonyl (C=O) groups excluding carboxylic acids is 2. The molecule has 0 fully saturated rings. The lowest BCUT2D eigenvalue weighted by Crippen LogP contribution is -2.10. The molecule has 1 aliphatic heterocycles. The number of esters is 1. The minimum Gasteiger partial charge on any atom is -0.452 e. The first-order valence-electron chi connectivity index (χ1n) is 10.6. The molecule has 0 amide bonds. The van der Waals surface area contributed by atoms with Gasteiger partial charge in [0.05, 0.1) is 11.1 Å². The molecule has 0 atom stereocenters. The summed E-state index contributed by atoms with van der Waals surface area (Å²) in [6.45, 7) is 1.85. The zero-order valence-electron chi connectivity index (χ0n) is 17.9. The van der Waals surface area contributed by atoms with E-state index < -0.39 is 5.97 Å². The molecule has 0 N–H and O–H groups in total. The SMILES string of the molecule is Cc1ccccc1C(=O)Oc1ccc2c(c1)O/C(=C\c1ccc(-c3ccccc3)cc1)C2=O. The highest BCUT2D eigenvalue weighted by Gasteiger charge is 2.28. The van der Waals surface area contributed by atoms with E-state index in [1.165, 1.54) is 0 Å². The number of carbonyl (C=O) groups is 2. The molecule has 1 heterocycles. The fourth-order valence-electron chi connectivity index (χ4n) is 3.75. The average molecular weight is 432 g/mol. The Morgan fingerprint density at radius 2 is 1.52 bits per heavy atom. The summed E-state index contributed by atoms with van der Waals surface area (Å²) < 4.78 is 11.3. The molecule has 4 nitrogen and oxygen atoms in total. The predicted molar refractivity (Wildman–Crippen MR) is 127 cm³/mol. The van der Waals surface area contributed by atoms with Crippen LogP contribution in [0.4, 0.5) is 0 Å². The van der Waals surface area contributed by atoms with Crippen LogP contribution in [-0.4, -0.2) is 11.8 Å². The van der Waals surface area contributed by atoms with Crippen molar-refractivity contribution in [3.8, 4) is 22.6 Å². The van der Waals surface area contributed by atoms with Gasteiger partial charge in [0.1, 0.15) is 11.5 Å². The normalized spacial score (nSPS) is 13.5. The van der Waals surface area contributed by atoms with Gasteiger partial charge in [0.15, 0.2) is 5.76 Å². The van der Waals surface area contributed by atoms with Gasteiger partial charge in [-0.25, -0.2) is 4.79 Å². The van der Waals surface area contributed by atoms with Gasteiger partial charge in [-0.2, -0.15) is 0 Å². The molecule has 4 aromatic rings. The molecule has 0 unspecified atom stereocenters. The van der Waals surface area contributed by atoms with Gasteiger partial charge in [-0.3, -0.25) is 4.79 Å². The molecule has 1 aliphatic rings. The summed E-state index contributed by atoms with van der Waals surface area (Å²) in [6, 6.07) is 30.0. The predicted octanol–water partition coefficient (Wildman–Crippen LogP) is 6.50. The molecule has 0 saturated carbocycles. The van der Waals surface area contributed by atoms with Crippen LogP contribution in [0.15, 0.2) is 103 Å². The number of fused-ring (bicyclic) bond motifs is 1. The Morgan fingerprint density at radius 1 is 0.818 bits per heavy atom. The second-order valence-electron chi connectivity index (χ2n) is 7.79. The maximum atomic E-state index is 12.8. The van der Waals surface area contributed by atoms with Crippen molar-refractivity contribution in [3.05, 3.63) is 125 Å².